The number of carbonyl (C=O) groups excluding carboxylic acids is 1. The average molecular weight is 431 g/mol. The zero-order valence-corrected chi connectivity index (χ0v) is 18.0. The van der Waals surface area contributed by atoms with Gasteiger partial charge in [-0.1, -0.05) is 35.5 Å². The summed E-state index contributed by atoms with van der Waals surface area (Å²) in [6.45, 7) is 5.80. The van der Waals surface area contributed by atoms with E-state index in [9.17, 15) is 4.79 Å². The second-order valence-electron chi connectivity index (χ2n) is 6.20. The van der Waals surface area contributed by atoms with Gasteiger partial charge in [0.2, 0.25) is 5.91 Å². The summed E-state index contributed by atoms with van der Waals surface area (Å²) in [5.74, 6) is 1.82. The van der Waals surface area contributed by atoms with Crippen LogP contribution in [0.3, 0.4) is 0 Å². The summed E-state index contributed by atoms with van der Waals surface area (Å²) in [5, 5.41) is 12.9. The van der Waals surface area contributed by atoms with Crippen molar-refractivity contribution in [2.24, 2.45) is 0 Å². The molecule has 0 aliphatic heterocycles. The Hall–Kier alpha value is -2.51. The van der Waals surface area contributed by atoms with Crippen molar-refractivity contribution in [3.05, 3.63) is 59.1 Å². The normalized spacial score (nSPS) is 10.7. The number of carbonyl (C=O) groups is 1. The van der Waals surface area contributed by atoms with E-state index in [1.165, 1.54) is 11.8 Å². The van der Waals surface area contributed by atoms with E-state index >= 15 is 0 Å². The first kappa shape index (κ1) is 21.2. The molecule has 0 aliphatic carbocycles. The Balaban J connectivity index is 1.59. The number of rotatable bonds is 9. The van der Waals surface area contributed by atoms with Gasteiger partial charge >= 0.3 is 0 Å². The van der Waals surface area contributed by atoms with Gasteiger partial charge in [-0.2, -0.15) is 0 Å². The summed E-state index contributed by atoms with van der Waals surface area (Å²) in [7, 11) is 0. The molecule has 0 saturated heterocycles. The number of ether oxygens (including phenoxy) is 1. The predicted molar refractivity (Wildman–Crippen MR) is 116 cm³/mol. The van der Waals surface area contributed by atoms with E-state index in [1.807, 2.05) is 66.9 Å². The number of nitrogens with zero attached hydrogens (tertiary/aromatic N) is 3. The van der Waals surface area contributed by atoms with Crippen molar-refractivity contribution in [1.82, 2.24) is 20.1 Å². The molecule has 152 valence electrons. The van der Waals surface area contributed by atoms with E-state index in [-0.39, 0.29) is 11.7 Å². The third kappa shape index (κ3) is 5.74. The Morgan fingerprint density at radius 1 is 1.10 bits per heavy atom. The third-order valence-electron chi connectivity index (χ3n) is 4.19. The fourth-order valence-electron chi connectivity index (χ4n) is 2.75. The second-order valence-corrected chi connectivity index (χ2v) is 7.58. The summed E-state index contributed by atoms with van der Waals surface area (Å²) >= 11 is 7.25. The molecule has 1 aromatic heterocycles. The number of benzene rings is 2. The standard InChI is InChI=1S/C21H23ClN4O2S/c1-3-26-20(16-7-11-18(12-8-16)28-4-2)24-25-21(26)29-14-19(27)23-13-15-5-9-17(22)10-6-15/h5-12H,3-4,13-14H2,1-2H3,(H,23,27). The molecule has 3 aromatic rings. The van der Waals surface area contributed by atoms with Crippen LogP contribution in [0.25, 0.3) is 11.4 Å². The minimum atomic E-state index is -0.0572. The van der Waals surface area contributed by atoms with Gasteiger partial charge in [0.15, 0.2) is 11.0 Å². The van der Waals surface area contributed by atoms with E-state index in [0.29, 0.717) is 24.7 Å². The summed E-state index contributed by atoms with van der Waals surface area (Å²) < 4.78 is 7.49. The summed E-state index contributed by atoms with van der Waals surface area (Å²) in [4.78, 5) is 12.2. The van der Waals surface area contributed by atoms with Crippen LogP contribution in [0, 0.1) is 0 Å². The Morgan fingerprint density at radius 3 is 2.48 bits per heavy atom. The number of hydrogen-bond donors (Lipinski definition) is 1. The largest absolute Gasteiger partial charge is 0.494 e. The Kier molecular flexibility index (Phi) is 7.55. The molecule has 0 saturated carbocycles. The first-order valence-electron chi connectivity index (χ1n) is 9.41. The molecular formula is C21H23ClN4O2S. The molecule has 3 rings (SSSR count). The van der Waals surface area contributed by atoms with Gasteiger partial charge in [0.25, 0.3) is 0 Å². The summed E-state index contributed by atoms with van der Waals surface area (Å²) in [6.07, 6.45) is 0. The number of aromatic nitrogens is 3. The molecule has 0 fully saturated rings. The highest BCUT2D eigenvalue weighted by Crippen LogP contribution is 2.25. The number of amides is 1. The smallest absolute Gasteiger partial charge is 0.230 e. The van der Waals surface area contributed by atoms with Gasteiger partial charge < -0.3 is 14.6 Å². The zero-order chi connectivity index (χ0) is 20.6. The van der Waals surface area contributed by atoms with Crippen LogP contribution in [0.5, 0.6) is 5.75 Å². The maximum atomic E-state index is 12.2. The van der Waals surface area contributed by atoms with E-state index in [1.54, 1.807) is 0 Å². The Labute approximate surface area is 179 Å². The molecule has 0 aliphatic rings. The van der Waals surface area contributed by atoms with Crippen LogP contribution >= 0.6 is 23.4 Å². The van der Waals surface area contributed by atoms with Crippen LogP contribution in [0.2, 0.25) is 5.02 Å². The number of nitrogens with one attached hydrogen (secondary N) is 1. The lowest BCUT2D eigenvalue weighted by Crippen LogP contribution is -2.24. The minimum Gasteiger partial charge on any atom is -0.494 e. The number of thioether (sulfide) groups is 1. The first-order valence-corrected chi connectivity index (χ1v) is 10.8. The second kappa shape index (κ2) is 10.3. The summed E-state index contributed by atoms with van der Waals surface area (Å²) in [5.41, 5.74) is 1.96. The number of hydrogen-bond acceptors (Lipinski definition) is 5. The van der Waals surface area contributed by atoms with Gasteiger partial charge in [-0.3, -0.25) is 4.79 Å². The predicted octanol–water partition coefficient (Wildman–Crippen LogP) is 4.43. The fourth-order valence-corrected chi connectivity index (χ4v) is 3.70. The van der Waals surface area contributed by atoms with Gasteiger partial charge in [-0.25, -0.2) is 0 Å². The van der Waals surface area contributed by atoms with Crippen molar-refractivity contribution >= 4 is 29.3 Å². The van der Waals surface area contributed by atoms with Crippen molar-refractivity contribution in [3.8, 4) is 17.1 Å². The molecule has 0 atom stereocenters. The van der Waals surface area contributed by atoms with E-state index < -0.39 is 0 Å². The Morgan fingerprint density at radius 2 is 1.83 bits per heavy atom. The highest BCUT2D eigenvalue weighted by atomic mass is 35.5. The molecule has 8 heteroatoms. The molecule has 29 heavy (non-hydrogen) atoms. The first-order chi connectivity index (χ1) is 14.1. The van der Waals surface area contributed by atoms with Crippen molar-refractivity contribution in [1.29, 1.82) is 0 Å². The SMILES string of the molecule is CCOc1ccc(-c2nnc(SCC(=O)NCc3ccc(Cl)cc3)n2CC)cc1. The molecule has 6 nitrogen and oxygen atoms in total. The van der Waals surface area contributed by atoms with Gasteiger partial charge in [0.05, 0.1) is 12.4 Å². The monoisotopic (exact) mass is 430 g/mol. The molecule has 0 bridgehead atoms. The van der Waals surface area contributed by atoms with Crippen LogP contribution in [0.1, 0.15) is 19.4 Å². The lowest BCUT2D eigenvalue weighted by molar-refractivity contribution is -0.118. The van der Waals surface area contributed by atoms with Crippen LogP contribution in [-0.2, 0) is 17.9 Å². The highest BCUT2D eigenvalue weighted by Gasteiger charge is 2.14. The van der Waals surface area contributed by atoms with Crippen LogP contribution in [0.4, 0.5) is 0 Å². The zero-order valence-electron chi connectivity index (χ0n) is 16.4. The van der Waals surface area contributed by atoms with Crippen LogP contribution in [-0.4, -0.2) is 33.0 Å². The van der Waals surface area contributed by atoms with Crippen molar-refractivity contribution < 1.29 is 9.53 Å². The average Bonchev–Trinajstić information content (AvgIpc) is 3.15. The maximum Gasteiger partial charge on any atom is 0.230 e. The van der Waals surface area contributed by atoms with Crippen molar-refractivity contribution in [3.63, 3.8) is 0 Å². The van der Waals surface area contributed by atoms with Gasteiger partial charge in [-0.15, -0.1) is 10.2 Å². The summed E-state index contributed by atoms with van der Waals surface area (Å²) in [6, 6.07) is 15.2. The topological polar surface area (TPSA) is 69.0 Å². The molecule has 1 N–H and O–H groups in total. The quantitative estimate of drug-likeness (QED) is 0.509. The maximum absolute atomic E-state index is 12.2. The molecule has 2 aromatic carbocycles. The van der Waals surface area contributed by atoms with Gasteiger partial charge in [-0.05, 0) is 55.8 Å². The van der Waals surface area contributed by atoms with E-state index in [4.69, 9.17) is 16.3 Å². The molecule has 0 spiro atoms. The minimum absolute atomic E-state index is 0.0572. The van der Waals surface area contributed by atoms with E-state index in [0.717, 1.165) is 27.9 Å². The highest BCUT2D eigenvalue weighted by molar-refractivity contribution is 7.99. The Bertz CT molecular complexity index is 942. The van der Waals surface area contributed by atoms with Crippen molar-refractivity contribution in [2.45, 2.75) is 32.1 Å². The van der Waals surface area contributed by atoms with E-state index in [2.05, 4.69) is 15.5 Å². The third-order valence-corrected chi connectivity index (χ3v) is 5.41. The van der Waals surface area contributed by atoms with Gasteiger partial charge in [0, 0.05) is 23.7 Å². The molecule has 1 heterocycles. The van der Waals surface area contributed by atoms with Crippen LogP contribution in [0.15, 0.2) is 53.7 Å². The van der Waals surface area contributed by atoms with Crippen LogP contribution < -0.4 is 10.1 Å². The molecule has 0 unspecified atom stereocenters. The number of halogens is 1. The molecule has 1 amide bonds. The lowest BCUT2D eigenvalue weighted by Gasteiger charge is -2.09. The van der Waals surface area contributed by atoms with Crippen molar-refractivity contribution in [2.75, 3.05) is 12.4 Å². The molecular weight excluding hydrogens is 408 g/mol. The molecule has 0 radical (unpaired) electrons. The lowest BCUT2D eigenvalue weighted by atomic mass is 10.2. The van der Waals surface area contributed by atoms with Gasteiger partial charge in [0.1, 0.15) is 5.75 Å². The fraction of sp³-hybridized carbons (Fsp3) is 0.286.